The van der Waals surface area contributed by atoms with Gasteiger partial charge in [0.05, 0.1) is 31.5 Å². The van der Waals surface area contributed by atoms with Gasteiger partial charge >= 0.3 is 12.0 Å². The molecule has 0 spiro atoms. The SMILES string of the molecule is CCOC(=O)C1=C(CSc2nnc(-c3ccc(Cl)cc3)n2Cc2ccco2)NC(=O)NC1. The van der Waals surface area contributed by atoms with Crippen LogP contribution in [-0.4, -0.2) is 45.7 Å². The van der Waals surface area contributed by atoms with Gasteiger partial charge in [-0.1, -0.05) is 23.4 Å². The standard InChI is InChI=1S/C21H20ClN5O4S/c1-2-30-19(28)16-10-23-20(29)24-17(16)12-32-21-26-25-18(13-5-7-14(22)8-6-13)27(21)11-15-4-3-9-31-15/h3-9H,2,10-12H2,1H3,(H2,23,24,29). The van der Waals surface area contributed by atoms with E-state index >= 15 is 0 Å². The molecule has 2 aromatic heterocycles. The average Bonchev–Trinajstić information content (AvgIpc) is 3.44. The van der Waals surface area contributed by atoms with E-state index in [-0.39, 0.29) is 19.2 Å². The molecule has 0 fully saturated rings. The molecule has 4 rings (SSSR count). The maximum atomic E-state index is 12.3. The molecule has 1 aliphatic heterocycles. The van der Waals surface area contributed by atoms with Crippen molar-refractivity contribution in [2.24, 2.45) is 0 Å². The fourth-order valence-corrected chi connectivity index (χ4v) is 4.17. The Bertz CT molecular complexity index is 1140. The van der Waals surface area contributed by atoms with Crippen LogP contribution >= 0.6 is 23.4 Å². The van der Waals surface area contributed by atoms with E-state index in [9.17, 15) is 9.59 Å². The van der Waals surface area contributed by atoms with E-state index in [0.29, 0.717) is 39.6 Å². The third-order valence-electron chi connectivity index (χ3n) is 4.64. The molecule has 1 aliphatic rings. The summed E-state index contributed by atoms with van der Waals surface area (Å²) in [7, 11) is 0. The highest BCUT2D eigenvalue weighted by Crippen LogP contribution is 2.28. The first kappa shape index (κ1) is 22.0. The fraction of sp³-hybridized carbons (Fsp3) is 0.238. The number of carbonyl (C=O) groups excluding carboxylic acids is 2. The molecule has 0 bridgehead atoms. The average molecular weight is 474 g/mol. The Hall–Kier alpha value is -3.24. The van der Waals surface area contributed by atoms with Crippen molar-refractivity contribution in [1.82, 2.24) is 25.4 Å². The van der Waals surface area contributed by atoms with Gasteiger partial charge in [-0.15, -0.1) is 10.2 Å². The van der Waals surface area contributed by atoms with Crippen molar-refractivity contribution in [2.45, 2.75) is 18.6 Å². The Morgan fingerprint density at radius 1 is 1.28 bits per heavy atom. The lowest BCUT2D eigenvalue weighted by Crippen LogP contribution is -2.44. The Labute approximate surface area is 193 Å². The molecular weight excluding hydrogens is 454 g/mol. The number of thioether (sulfide) groups is 1. The number of aromatic nitrogens is 3. The van der Waals surface area contributed by atoms with E-state index in [2.05, 4.69) is 20.8 Å². The fourth-order valence-electron chi connectivity index (χ4n) is 3.11. The summed E-state index contributed by atoms with van der Waals surface area (Å²) in [5.74, 6) is 1.23. The third kappa shape index (κ3) is 4.97. The largest absolute Gasteiger partial charge is 0.467 e. The molecule has 11 heteroatoms. The normalized spacial score (nSPS) is 13.6. The number of hydrogen-bond acceptors (Lipinski definition) is 7. The van der Waals surface area contributed by atoms with Crippen LogP contribution in [0.25, 0.3) is 11.4 Å². The quantitative estimate of drug-likeness (QED) is 0.380. The topological polar surface area (TPSA) is 111 Å². The Morgan fingerprint density at radius 2 is 2.09 bits per heavy atom. The number of amides is 2. The maximum Gasteiger partial charge on any atom is 0.337 e. The molecule has 0 atom stereocenters. The van der Waals surface area contributed by atoms with Gasteiger partial charge in [0, 0.05) is 22.0 Å². The Balaban J connectivity index is 1.63. The summed E-state index contributed by atoms with van der Waals surface area (Å²) in [4.78, 5) is 24.1. The molecule has 3 aromatic rings. The van der Waals surface area contributed by atoms with Gasteiger partial charge in [0.25, 0.3) is 0 Å². The molecule has 9 nitrogen and oxygen atoms in total. The van der Waals surface area contributed by atoms with E-state index in [1.807, 2.05) is 28.8 Å². The van der Waals surface area contributed by atoms with Crippen LogP contribution in [0.15, 0.2) is 63.5 Å². The minimum absolute atomic E-state index is 0.107. The number of halogens is 1. The summed E-state index contributed by atoms with van der Waals surface area (Å²) >= 11 is 7.37. The van der Waals surface area contributed by atoms with Crippen LogP contribution in [0.1, 0.15) is 12.7 Å². The van der Waals surface area contributed by atoms with Gasteiger partial charge < -0.3 is 19.8 Å². The van der Waals surface area contributed by atoms with Gasteiger partial charge in [-0.05, 0) is 43.3 Å². The van der Waals surface area contributed by atoms with Crippen molar-refractivity contribution in [1.29, 1.82) is 0 Å². The highest BCUT2D eigenvalue weighted by Gasteiger charge is 2.25. The third-order valence-corrected chi connectivity index (χ3v) is 5.88. The van der Waals surface area contributed by atoms with Crippen LogP contribution in [0.4, 0.5) is 4.79 Å². The molecule has 2 N–H and O–H groups in total. The number of urea groups is 1. The van der Waals surface area contributed by atoms with E-state index in [1.165, 1.54) is 11.8 Å². The molecule has 0 saturated carbocycles. The number of nitrogens with one attached hydrogen (secondary N) is 2. The Morgan fingerprint density at radius 3 is 2.81 bits per heavy atom. The van der Waals surface area contributed by atoms with Crippen LogP contribution < -0.4 is 10.6 Å². The van der Waals surface area contributed by atoms with Crippen LogP contribution in [0.5, 0.6) is 0 Å². The van der Waals surface area contributed by atoms with Crippen molar-refractivity contribution >= 4 is 35.4 Å². The summed E-state index contributed by atoms with van der Waals surface area (Å²) in [6.07, 6.45) is 1.61. The summed E-state index contributed by atoms with van der Waals surface area (Å²) in [6.45, 7) is 2.50. The molecule has 32 heavy (non-hydrogen) atoms. The van der Waals surface area contributed by atoms with Crippen LogP contribution in [0.3, 0.4) is 0 Å². The number of rotatable bonds is 8. The highest BCUT2D eigenvalue weighted by atomic mass is 35.5. The van der Waals surface area contributed by atoms with Crippen molar-refractivity contribution in [3.8, 4) is 11.4 Å². The van der Waals surface area contributed by atoms with Crippen molar-refractivity contribution in [3.05, 3.63) is 64.7 Å². The monoisotopic (exact) mass is 473 g/mol. The van der Waals surface area contributed by atoms with Gasteiger partial charge in [-0.2, -0.15) is 0 Å². The van der Waals surface area contributed by atoms with Crippen molar-refractivity contribution in [3.63, 3.8) is 0 Å². The highest BCUT2D eigenvalue weighted by molar-refractivity contribution is 7.99. The lowest BCUT2D eigenvalue weighted by molar-refractivity contribution is -0.138. The van der Waals surface area contributed by atoms with Gasteiger partial charge in [0.2, 0.25) is 0 Å². The molecule has 0 aliphatic carbocycles. The predicted octanol–water partition coefficient (Wildman–Crippen LogP) is 3.46. The van der Waals surface area contributed by atoms with Gasteiger partial charge in [0.15, 0.2) is 11.0 Å². The summed E-state index contributed by atoms with van der Waals surface area (Å²) in [5, 5.41) is 15.2. The molecular formula is C21H20ClN5O4S. The van der Waals surface area contributed by atoms with Crippen LogP contribution in [0, 0.1) is 0 Å². The second-order valence-corrected chi connectivity index (χ2v) is 8.13. The minimum Gasteiger partial charge on any atom is -0.467 e. The van der Waals surface area contributed by atoms with Gasteiger partial charge in [-0.3, -0.25) is 4.57 Å². The first-order valence-corrected chi connectivity index (χ1v) is 11.2. The second-order valence-electron chi connectivity index (χ2n) is 6.75. The van der Waals surface area contributed by atoms with E-state index < -0.39 is 5.97 Å². The van der Waals surface area contributed by atoms with E-state index in [1.54, 1.807) is 25.3 Å². The zero-order valence-corrected chi connectivity index (χ0v) is 18.7. The van der Waals surface area contributed by atoms with E-state index in [0.717, 1.165) is 11.3 Å². The summed E-state index contributed by atoms with van der Waals surface area (Å²) in [6, 6.07) is 10.6. The smallest absolute Gasteiger partial charge is 0.337 e. The number of nitrogens with zero attached hydrogens (tertiary/aromatic N) is 3. The minimum atomic E-state index is -0.463. The molecule has 166 valence electrons. The zero-order valence-electron chi connectivity index (χ0n) is 17.1. The molecule has 2 amide bonds. The van der Waals surface area contributed by atoms with Gasteiger partial charge in [-0.25, -0.2) is 9.59 Å². The van der Waals surface area contributed by atoms with Gasteiger partial charge in [0.1, 0.15) is 5.76 Å². The number of esters is 1. The van der Waals surface area contributed by atoms with Crippen molar-refractivity contribution in [2.75, 3.05) is 18.9 Å². The number of furan rings is 1. The summed E-state index contributed by atoms with van der Waals surface area (Å²) in [5.41, 5.74) is 1.72. The first-order valence-electron chi connectivity index (χ1n) is 9.83. The lowest BCUT2D eigenvalue weighted by atomic mass is 10.2. The lowest BCUT2D eigenvalue weighted by Gasteiger charge is -2.21. The molecule has 1 aromatic carbocycles. The number of ether oxygens (including phenoxy) is 1. The zero-order chi connectivity index (χ0) is 22.5. The number of hydrogen-bond donors (Lipinski definition) is 2. The Kier molecular flexibility index (Phi) is 6.81. The molecule has 0 saturated heterocycles. The molecule has 3 heterocycles. The summed E-state index contributed by atoms with van der Waals surface area (Å²) < 4.78 is 12.5. The number of benzene rings is 1. The number of carbonyl (C=O) groups is 2. The van der Waals surface area contributed by atoms with Crippen LogP contribution in [-0.2, 0) is 16.1 Å². The predicted molar refractivity (Wildman–Crippen MR) is 119 cm³/mol. The first-order chi connectivity index (χ1) is 15.5. The van der Waals surface area contributed by atoms with Crippen molar-refractivity contribution < 1.29 is 18.7 Å². The molecule has 0 unspecified atom stereocenters. The second kappa shape index (κ2) is 9.92. The molecule has 0 radical (unpaired) electrons. The van der Waals surface area contributed by atoms with E-state index in [4.69, 9.17) is 20.8 Å². The van der Waals surface area contributed by atoms with Crippen LogP contribution in [0.2, 0.25) is 5.02 Å². The maximum absolute atomic E-state index is 12.3.